The smallest absolute Gasteiger partial charge is 0.326 e. The van der Waals surface area contributed by atoms with Gasteiger partial charge in [-0.3, -0.25) is 14.5 Å². The van der Waals surface area contributed by atoms with Crippen molar-refractivity contribution in [2.24, 2.45) is 0 Å². The van der Waals surface area contributed by atoms with Gasteiger partial charge in [-0.15, -0.1) is 0 Å². The average molecular weight is 379 g/mol. The summed E-state index contributed by atoms with van der Waals surface area (Å²) in [4.78, 5) is 39.6. The Morgan fingerprint density at radius 1 is 0.964 bits per heavy atom. The molecule has 6 heteroatoms. The third kappa shape index (κ3) is 3.50. The Labute approximate surface area is 164 Å². The second-order valence-corrected chi connectivity index (χ2v) is 6.88. The standard InChI is InChI=1S/C22H25N3O3/c1-3-18(4-2)23-19(26)15-25-20(27)22(24-21(25)28,16-11-7-5-8-12-16)17-13-9-6-10-14-17/h5-14,18H,3-4,15H2,1-2H3,(H,23,26)(H,24,28). The van der Waals surface area contributed by atoms with E-state index in [-0.39, 0.29) is 18.5 Å². The highest BCUT2D eigenvalue weighted by Crippen LogP contribution is 2.35. The number of nitrogens with zero attached hydrogens (tertiary/aromatic N) is 1. The summed E-state index contributed by atoms with van der Waals surface area (Å²) < 4.78 is 0. The minimum atomic E-state index is -1.34. The van der Waals surface area contributed by atoms with Gasteiger partial charge in [0.05, 0.1) is 0 Å². The van der Waals surface area contributed by atoms with Crippen LogP contribution >= 0.6 is 0 Å². The molecule has 2 aromatic carbocycles. The molecule has 0 radical (unpaired) electrons. The Balaban J connectivity index is 1.95. The van der Waals surface area contributed by atoms with Crippen LogP contribution in [0.5, 0.6) is 0 Å². The number of benzene rings is 2. The Bertz CT molecular complexity index is 808. The highest BCUT2D eigenvalue weighted by Gasteiger charge is 2.54. The van der Waals surface area contributed by atoms with Crippen molar-refractivity contribution >= 4 is 17.8 Å². The average Bonchev–Trinajstić information content (AvgIpc) is 2.99. The first kappa shape index (κ1) is 19.6. The summed E-state index contributed by atoms with van der Waals surface area (Å²) in [5.41, 5.74) is -0.0284. The fourth-order valence-electron chi connectivity index (χ4n) is 3.56. The van der Waals surface area contributed by atoms with Gasteiger partial charge in [-0.1, -0.05) is 74.5 Å². The van der Waals surface area contributed by atoms with Gasteiger partial charge in [0.15, 0.2) is 5.54 Å². The van der Waals surface area contributed by atoms with E-state index in [1.807, 2.05) is 50.2 Å². The number of carbonyl (C=O) groups excluding carboxylic acids is 3. The molecule has 146 valence electrons. The van der Waals surface area contributed by atoms with Crippen LogP contribution in [0.15, 0.2) is 60.7 Å². The van der Waals surface area contributed by atoms with Crippen LogP contribution in [0, 0.1) is 0 Å². The summed E-state index contributed by atoms with van der Waals surface area (Å²) >= 11 is 0. The molecule has 0 saturated carbocycles. The topological polar surface area (TPSA) is 78.5 Å². The molecule has 0 spiro atoms. The highest BCUT2D eigenvalue weighted by molar-refractivity contribution is 6.11. The quantitative estimate of drug-likeness (QED) is 0.726. The summed E-state index contributed by atoms with van der Waals surface area (Å²) in [6, 6.07) is 17.7. The van der Waals surface area contributed by atoms with Crippen LogP contribution in [0.1, 0.15) is 37.8 Å². The predicted octanol–water partition coefficient (Wildman–Crippen LogP) is 2.79. The van der Waals surface area contributed by atoms with Gasteiger partial charge in [-0.25, -0.2) is 4.79 Å². The molecule has 28 heavy (non-hydrogen) atoms. The molecule has 1 aliphatic heterocycles. The molecule has 2 N–H and O–H groups in total. The van der Waals surface area contributed by atoms with E-state index < -0.39 is 17.5 Å². The van der Waals surface area contributed by atoms with Crippen LogP contribution in [-0.2, 0) is 15.1 Å². The van der Waals surface area contributed by atoms with E-state index in [1.165, 1.54) is 0 Å². The molecular formula is C22H25N3O3. The van der Waals surface area contributed by atoms with Crippen LogP contribution < -0.4 is 10.6 Å². The highest BCUT2D eigenvalue weighted by atomic mass is 16.2. The maximum absolute atomic E-state index is 13.5. The van der Waals surface area contributed by atoms with Crippen molar-refractivity contribution < 1.29 is 14.4 Å². The summed E-state index contributed by atoms with van der Waals surface area (Å²) in [7, 11) is 0. The van der Waals surface area contributed by atoms with Gasteiger partial charge < -0.3 is 10.6 Å². The number of amides is 4. The number of carbonyl (C=O) groups is 3. The van der Waals surface area contributed by atoms with Gasteiger partial charge in [-0.2, -0.15) is 0 Å². The molecule has 3 rings (SSSR count). The molecule has 4 amide bonds. The van der Waals surface area contributed by atoms with Crippen LogP contribution in [0.3, 0.4) is 0 Å². The number of urea groups is 1. The lowest BCUT2D eigenvalue weighted by molar-refractivity contribution is -0.134. The van der Waals surface area contributed by atoms with Crippen molar-refractivity contribution in [1.29, 1.82) is 0 Å². The van der Waals surface area contributed by atoms with Gasteiger partial charge in [0.1, 0.15) is 6.54 Å². The lowest BCUT2D eigenvalue weighted by Crippen LogP contribution is -2.47. The second-order valence-electron chi connectivity index (χ2n) is 6.88. The Morgan fingerprint density at radius 3 is 1.93 bits per heavy atom. The summed E-state index contributed by atoms with van der Waals surface area (Å²) in [6.45, 7) is 3.67. The Morgan fingerprint density at radius 2 is 1.46 bits per heavy atom. The molecule has 1 saturated heterocycles. The van der Waals surface area contributed by atoms with Gasteiger partial charge in [0.25, 0.3) is 5.91 Å². The first-order chi connectivity index (χ1) is 13.5. The van der Waals surface area contributed by atoms with E-state index in [0.29, 0.717) is 11.1 Å². The van der Waals surface area contributed by atoms with Gasteiger partial charge >= 0.3 is 6.03 Å². The maximum atomic E-state index is 13.5. The van der Waals surface area contributed by atoms with E-state index in [0.717, 1.165) is 17.7 Å². The summed E-state index contributed by atoms with van der Waals surface area (Å²) in [5.74, 6) is -0.788. The van der Waals surface area contributed by atoms with Crippen molar-refractivity contribution in [3.63, 3.8) is 0 Å². The fourth-order valence-corrected chi connectivity index (χ4v) is 3.56. The van der Waals surface area contributed by atoms with Crippen LogP contribution in [-0.4, -0.2) is 35.3 Å². The third-order valence-corrected chi connectivity index (χ3v) is 5.17. The molecular weight excluding hydrogens is 354 g/mol. The predicted molar refractivity (Wildman–Crippen MR) is 106 cm³/mol. The second kappa shape index (κ2) is 8.25. The maximum Gasteiger partial charge on any atom is 0.326 e. The summed E-state index contributed by atoms with van der Waals surface area (Å²) in [5, 5.41) is 5.72. The molecule has 0 bridgehead atoms. The Hall–Kier alpha value is -3.15. The van der Waals surface area contributed by atoms with Gasteiger partial charge in [-0.05, 0) is 24.0 Å². The van der Waals surface area contributed by atoms with E-state index in [4.69, 9.17) is 0 Å². The number of nitrogens with one attached hydrogen (secondary N) is 2. The zero-order valence-corrected chi connectivity index (χ0v) is 16.1. The molecule has 0 atom stereocenters. The zero-order valence-electron chi connectivity index (χ0n) is 16.1. The SMILES string of the molecule is CCC(CC)NC(=O)CN1C(=O)NC(c2ccccc2)(c2ccccc2)C1=O. The van der Waals surface area contributed by atoms with Gasteiger partial charge in [0, 0.05) is 6.04 Å². The lowest BCUT2D eigenvalue weighted by atomic mass is 9.82. The van der Waals surface area contributed by atoms with Gasteiger partial charge in [0.2, 0.25) is 5.91 Å². The van der Waals surface area contributed by atoms with E-state index in [2.05, 4.69) is 10.6 Å². The minimum Gasteiger partial charge on any atom is -0.352 e. The van der Waals surface area contributed by atoms with Crippen molar-refractivity contribution in [3.05, 3.63) is 71.8 Å². The van der Waals surface area contributed by atoms with Crippen molar-refractivity contribution in [2.45, 2.75) is 38.3 Å². The zero-order chi connectivity index (χ0) is 20.1. The number of imide groups is 1. The number of rotatable bonds is 7. The van der Waals surface area contributed by atoms with Crippen LogP contribution in [0.25, 0.3) is 0 Å². The molecule has 0 aromatic heterocycles. The monoisotopic (exact) mass is 379 g/mol. The van der Waals surface area contributed by atoms with Crippen molar-refractivity contribution in [2.75, 3.05) is 6.54 Å². The Kier molecular flexibility index (Phi) is 5.78. The molecule has 0 unspecified atom stereocenters. The third-order valence-electron chi connectivity index (χ3n) is 5.17. The van der Waals surface area contributed by atoms with Crippen molar-refractivity contribution in [1.82, 2.24) is 15.5 Å². The van der Waals surface area contributed by atoms with Crippen LogP contribution in [0.2, 0.25) is 0 Å². The first-order valence-corrected chi connectivity index (χ1v) is 9.57. The lowest BCUT2D eigenvalue weighted by Gasteiger charge is -2.28. The number of hydrogen-bond acceptors (Lipinski definition) is 3. The molecule has 2 aromatic rings. The normalized spacial score (nSPS) is 15.6. The molecule has 0 aliphatic carbocycles. The van der Waals surface area contributed by atoms with E-state index in [9.17, 15) is 14.4 Å². The van der Waals surface area contributed by atoms with Crippen molar-refractivity contribution in [3.8, 4) is 0 Å². The van der Waals surface area contributed by atoms with Crippen LogP contribution in [0.4, 0.5) is 4.79 Å². The number of hydrogen-bond donors (Lipinski definition) is 2. The van der Waals surface area contributed by atoms with E-state index in [1.54, 1.807) is 24.3 Å². The fraction of sp³-hybridized carbons (Fsp3) is 0.318. The molecule has 1 fully saturated rings. The van der Waals surface area contributed by atoms with E-state index >= 15 is 0 Å². The largest absolute Gasteiger partial charge is 0.352 e. The molecule has 1 heterocycles. The molecule has 6 nitrogen and oxygen atoms in total. The summed E-state index contributed by atoms with van der Waals surface area (Å²) in [6.07, 6.45) is 1.58. The molecule has 1 aliphatic rings. The first-order valence-electron chi connectivity index (χ1n) is 9.57. The minimum absolute atomic E-state index is 0.0290.